The summed E-state index contributed by atoms with van der Waals surface area (Å²) >= 11 is 0. The molecular formula is C16H12ClFN4. The molecule has 6 heteroatoms. The molecule has 4 nitrogen and oxygen atoms in total. The van der Waals surface area contributed by atoms with Crippen molar-refractivity contribution in [1.82, 2.24) is 15.0 Å². The first kappa shape index (κ1) is 14.3. The molecule has 0 radical (unpaired) electrons. The van der Waals surface area contributed by atoms with Crippen LogP contribution in [0.3, 0.4) is 0 Å². The van der Waals surface area contributed by atoms with E-state index in [1.165, 1.54) is 18.5 Å². The van der Waals surface area contributed by atoms with Gasteiger partial charge in [0.2, 0.25) is 0 Å². The summed E-state index contributed by atoms with van der Waals surface area (Å²) in [5.41, 5.74) is 2.58. The SMILES string of the molecule is Cl.Fc1ccc2c(Nc3ccc4[nH]ccc4c3)ncnc2c1. The third-order valence-corrected chi connectivity index (χ3v) is 3.41. The standard InChI is InChI=1S/C16H11FN4.ClH/c17-11-1-3-13-15(8-11)19-9-20-16(13)21-12-2-4-14-10(7-12)5-6-18-14;/h1-9,18H,(H,19,20,21);1H. The number of hydrogen-bond donors (Lipinski definition) is 2. The molecular weight excluding hydrogens is 303 g/mol. The molecule has 0 aliphatic heterocycles. The van der Waals surface area contributed by atoms with Gasteiger partial charge < -0.3 is 10.3 Å². The molecule has 0 fully saturated rings. The number of nitrogens with zero attached hydrogens (tertiary/aromatic N) is 2. The van der Waals surface area contributed by atoms with Gasteiger partial charge in [-0.2, -0.15) is 0 Å². The minimum Gasteiger partial charge on any atom is -0.361 e. The van der Waals surface area contributed by atoms with Gasteiger partial charge in [0.05, 0.1) is 5.52 Å². The fourth-order valence-corrected chi connectivity index (χ4v) is 2.40. The predicted octanol–water partition coefficient (Wildman–Crippen LogP) is 4.42. The van der Waals surface area contributed by atoms with Crippen LogP contribution in [0.25, 0.3) is 21.8 Å². The number of nitrogens with one attached hydrogen (secondary N) is 2. The van der Waals surface area contributed by atoms with E-state index >= 15 is 0 Å². The second-order valence-corrected chi connectivity index (χ2v) is 4.79. The molecule has 0 atom stereocenters. The maximum atomic E-state index is 13.2. The monoisotopic (exact) mass is 314 g/mol. The second kappa shape index (κ2) is 5.61. The first-order chi connectivity index (χ1) is 10.3. The molecule has 0 aliphatic carbocycles. The van der Waals surface area contributed by atoms with Gasteiger partial charge in [0, 0.05) is 34.2 Å². The van der Waals surface area contributed by atoms with E-state index in [1.54, 1.807) is 6.07 Å². The second-order valence-electron chi connectivity index (χ2n) is 4.79. The van der Waals surface area contributed by atoms with Gasteiger partial charge in [0.15, 0.2) is 0 Å². The summed E-state index contributed by atoms with van der Waals surface area (Å²) in [7, 11) is 0. The number of aromatic amines is 1. The zero-order valence-electron chi connectivity index (χ0n) is 11.4. The van der Waals surface area contributed by atoms with Crippen LogP contribution >= 0.6 is 12.4 Å². The van der Waals surface area contributed by atoms with Crippen molar-refractivity contribution < 1.29 is 4.39 Å². The fourth-order valence-electron chi connectivity index (χ4n) is 2.40. The lowest BCUT2D eigenvalue weighted by atomic mass is 10.2. The minimum atomic E-state index is -0.305. The van der Waals surface area contributed by atoms with Crippen LogP contribution in [0.15, 0.2) is 55.0 Å². The summed E-state index contributed by atoms with van der Waals surface area (Å²) in [6.45, 7) is 0. The summed E-state index contributed by atoms with van der Waals surface area (Å²) in [5.74, 6) is 0.357. The van der Waals surface area contributed by atoms with Crippen LogP contribution in [0.4, 0.5) is 15.9 Å². The zero-order chi connectivity index (χ0) is 14.2. The lowest BCUT2D eigenvalue weighted by Gasteiger charge is -2.08. The van der Waals surface area contributed by atoms with Crippen molar-refractivity contribution in [2.75, 3.05) is 5.32 Å². The van der Waals surface area contributed by atoms with E-state index in [9.17, 15) is 4.39 Å². The molecule has 0 unspecified atom stereocenters. The van der Waals surface area contributed by atoms with Crippen LogP contribution in [-0.2, 0) is 0 Å². The third kappa shape index (κ3) is 2.46. The van der Waals surface area contributed by atoms with E-state index in [4.69, 9.17) is 0 Å². The van der Waals surface area contributed by atoms with Crippen LogP contribution in [0, 0.1) is 5.82 Å². The van der Waals surface area contributed by atoms with Gasteiger partial charge in [-0.3, -0.25) is 0 Å². The van der Waals surface area contributed by atoms with Crippen LogP contribution in [0.2, 0.25) is 0 Å². The molecule has 2 aromatic heterocycles. The van der Waals surface area contributed by atoms with E-state index in [-0.39, 0.29) is 18.2 Å². The summed E-state index contributed by atoms with van der Waals surface area (Å²) in [6, 6.07) is 12.5. The largest absolute Gasteiger partial charge is 0.361 e. The molecule has 0 bridgehead atoms. The highest BCUT2D eigenvalue weighted by atomic mass is 35.5. The number of hydrogen-bond acceptors (Lipinski definition) is 3. The number of anilines is 2. The zero-order valence-corrected chi connectivity index (χ0v) is 12.2. The maximum Gasteiger partial charge on any atom is 0.141 e. The van der Waals surface area contributed by atoms with Gasteiger partial charge in [-0.05, 0) is 36.4 Å². The Balaban J connectivity index is 0.00000144. The van der Waals surface area contributed by atoms with E-state index in [2.05, 4.69) is 20.3 Å². The maximum absolute atomic E-state index is 13.2. The van der Waals surface area contributed by atoms with Crippen molar-refractivity contribution in [2.24, 2.45) is 0 Å². The summed E-state index contributed by atoms with van der Waals surface area (Å²) in [6.07, 6.45) is 3.33. The molecule has 0 saturated carbocycles. The van der Waals surface area contributed by atoms with Crippen molar-refractivity contribution in [3.8, 4) is 0 Å². The van der Waals surface area contributed by atoms with Crippen molar-refractivity contribution in [3.63, 3.8) is 0 Å². The van der Waals surface area contributed by atoms with Gasteiger partial charge in [-0.15, -0.1) is 12.4 Å². The lowest BCUT2D eigenvalue weighted by molar-refractivity contribution is 0.629. The number of rotatable bonds is 2. The van der Waals surface area contributed by atoms with Gasteiger partial charge in [-0.1, -0.05) is 0 Å². The Labute approximate surface area is 131 Å². The summed E-state index contributed by atoms with van der Waals surface area (Å²) < 4.78 is 13.2. The van der Waals surface area contributed by atoms with Crippen LogP contribution in [-0.4, -0.2) is 15.0 Å². The number of benzene rings is 2. The molecule has 0 spiro atoms. The van der Waals surface area contributed by atoms with Gasteiger partial charge in [-0.25, -0.2) is 14.4 Å². The summed E-state index contributed by atoms with van der Waals surface area (Å²) in [5, 5.41) is 5.16. The highest BCUT2D eigenvalue weighted by Crippen LogP contribution is 2.25. The Bertz CT molecular complexity index is 951. The molecule has 4 rings (SSSR count). The fraction of sp³-hybridized carbons (Fsp3) is 0. The molecule has 0 amide bonds. The molecule has 2 N–H and O–H groups in total. The van der Waals surface area contributed by atoms with Crippen molar-refractivity contribution in [3.05, 3.63) is 60.8 Å². The van der Waals surface area contributed by atoms with Gasteiger partial charge in [0.25, 0.3) is 0 Å². The van der Waals surface area contributed by atoms with Crippen LogP contribution < -0.4 is 5.32 Å². The number of fused-ring (bicyclic) bond motifs is 2. The van der Waals surface area contributed by atoms with Crippen molar-refractivity contribution in [2.45, 2.75) is 0 Å². The predicted molar refractivity (Wildman–Crippen MR) is 88.3 cm³/mol. The first-order valence-corrected chi connectivity index (χ1v) is 6.54. The number of aromatic nitrogens is 3. The smallest absolute Gasteiger partial charge is 0.141 e. The van der Waals surface area contributed by atoms with E-state index < -0.39 is 0 Å². The van der Waals surface area contributed by atoms with Crippen molar-refractivity contribution in [1.29, 1.82) is 0 Å². The Morgan fingerprint density at radius 3 is 2.82 bits per heavy atom. The number of H-pyrrole nitrogens is 1. The van der Waals surface area contributed by atoms with E-state index in [0.717, 1.165) is 22.0 Å². The Hall–Kier alpha value is -2.66. The van der Waals surface area contributed by atoms with E-state index in [1.807, 2.05) is 30.5 Å². The Kier molecular flexibility index (Phi) is 3.65. The highest BCUT2D eigenvalue weighted by Gasteiger charge is 2.05. The van der Waals surface area contributed by atoms with Crippen LogP contribution in [0.5, 0.6) is 0 Å². The third-order valence-electron chi connectivity index (χ3n) is 3.41. The molecule has 2 heterocycles. The Morgan fingerprint density at radius 1 is 1.00 bits per heavy atom. The van der Waals surface area contributed by atoms with Crippen LogP contribution in [0.1, 0.15) is 0 Å². The molecule has 22 heavy (non-hydrogen) atoms. The minimum absolute atomic E-state index is 0. The lowest BCUT2D eigenvalue weighted by Crippen LogP contribution is -1.96. The molecule has 2 aromatic carbocycles. The quantitative estimate of drug-likeness (QED) is 0.576. The molecule has 0 saturated heterocycles. The van der Waals surface area contributed by atoms with Crippen molar-refractivity contribution >= 4 is 45.7 Å². The van der Waals surface area contributed by atoms with E-state index in [0.29, 0.717) is 11.3 Å². The van der Waals surface area contributed by atoms with Gasteiger partial charge in [0.1, 0.15) is 18.0 Å². The first-order valence-electron chi connectivity index (χ1n) is 6.54. The normalized spacial score (nSPS) is 10.6. The average Bonchev–Trinajstić information content (AvgIpc) is 2.95. The number of halogens is 2. The highest BCUT2D eigenvalue weighted by molar-refractivity contribution is 5.92. The Morgan fingerprint density at radius 2 is 1.91 bits per heavy atom. The molecule has 4 aromatic rings. The van der Waals surface area contributed by atoms with Gasteiger partial charge >= 0.3 is 0 Å². The average molecular weight is 315 g/mol. The summed E-state index contributed by atoms with van der Waals surface area (Å²) in [4.78, 5) is 11.5. The molecule has 110 valence electrons. The molecule has 0 aliphatic rings. The topological polar surface area (TPSA) is 53.6 Å².